The molecule has 26 heavy (non-hydrogen) atoms. The van der Waals surface area contributed by atoms with E-state index in [-0.39, 0.29) is 23.0 Å². The molecule has 0 aliphatic carbocycles. The Morgan fingerprint density at radius 1 is 1.23 bits per heavy atom. The van der Waals surface area contributed by atoms with Gasteiger partial charge in [-0.25, -0.2) is 4.39 Å². The number of phenols is 1. The second-order valence-electron chi connectivity index (χ2n) is 6.13. The number of rotatable bonds is 5. The van der Waals surface area contributed by atoms with Gasteiger partial charge in [0.15, 0.2) is 11.5 Å². The fourth-order valence-corrected chi connectivity index (χ4v) is 3.13. The van der Waals surface area contributed by atoms with E-state index in [0.717, 1.165) is 0 Å². The van der Waals surface area contributed by atoms with Crippen molar-refractivity contribution in [3.63, 3.8) is 0 Å². The maximum Gasteiger partial charge on any atom is 0.273 e. The number of hydrogen-bond acceptors (Lipinski definition) is 6. The molecule has 0 spiro atoms. The van der Waals surface area contributed by atoms with Gasteiger partial charge >= 0.3 is 0 Å². The van der Waals surface area contributed by atoms with E-state index in [9.17, 15) is 19.6 Å². The molecule has 1 saturated heterocycles. The van der Waals surface area contributed by atoms with Crippen LogP contribution >= 0.6 is 0 Å². The zero-order valence-corrected chi connectivity index (χ0v) is 14.4. The van der Waals surface area contributed by atoms with Crippen molar-refractivity contribution in [1.82, 2.24) is 4.90 Å². The molecule has 1 fully saturated rings. The minimum Gasteiger partial charge on any atom is -0.504 e. The number of benzene rings is 2. The van der Waals surface area contributed by atoms with Crippen LogP contribution in [0, 0.1) is 15.9 Å². The summed E-state index contributed by atoms with van der Waals surface area (Å²) in [5, 5.41) is 21.3. The lowest BCUT2D eigenvalue weighted by Gasteiger charge is -2.36. The first-order valence-corrected chi connectivity index (χ1v) is 8.25. The average molecular weight is 361 g/mol. The SMILES string of the molecule is COc1cc([N+](=O)[O-])cc(CN2CCN(c3ccccc3F)CC2)c1O. The van der Waals surface area contributed by atoms with Crippen LogP contribution < -0.4 is 9.64 Å². The molecule has 0 saturated carbocycles. The number of methoxy groups -OCH3 is 1. The van der Waals surface area contributed by atoms with E-state index in [4.69, 9.17) is 4.74 Å². The van der Waals surface area contributed by atoms with Crippen molar-refractivity contribution in [2.45, 2.75) is 6.54 Å². The molecule has 0 amide bonds. The van der Waals surface area contributed by atoms with Crippen LogP contribution in [0.3, 0.4) is 0 Å². The van der Waals surface area contributed by atoms with Crippen molar-refractivity contribution in [1.29, 1.82) is 0 Å². The predicted molar refractivity (Wildman–Crippen MR) is 95.2 cm³/mol. The second kappa shape index (κ2) is 7.57. The molecule has 0 bridgehead atoms. The molecule has 7 nitrogen and oxygen atoms in total. The number of nitro benzene ring substituents is 1. The Balaban J connectivity index is 1.71. The minimum absolute atomic E-state index is 0.0826. The van der Waals surface area contributed by atoms with Crippen molar-refractivity contribution < 1.29 is 19.2 Å². The van der Waals surface area contributed by atoms with Gasteiger partial charge in [0.1, 0.15) is 5.82 Å². The van der Waals surface area contributed by atoms with Crippen molar-refractivity contribution in [2.75, 3.05) is 38.2 Å². The Morgan fingerprint density at radius 3 is 2.54 bits per heavy atom. The van der Waals surface area contributed by atoms with Gasteiger partial charge in [-0.05, 0) is 12.1 Å². The third kappa shape index (κ3) is 3.70. The van der Waals surface area contributed by atoms with Crippen molar-refractivity contribution >= 4 is 11.4 Å². The number of nitrogens with zero attached hydrogens (tertiary/aromatic N) is 3. The average Bonchev–Trinajstić information content (AvgIpc) is 2.64. The number of aromatic hydroxyl groups is 1. The molecule has 2 aromatic carbocycles. The van der Waals surface area contributed by atoms with Gasteiger partial charge in [0, 0.05) is 44.4 Å². The second-order valence-corrected chi connectivity index (χ2v) is 6.13. The van der Waals surface area contributed by atoms with Crippen molar-refractivity contribution in [3.8, 4) is 11.5 Å². The smallest absolute Gasteiger partial charge is 0.273 e. The summed E-state index contributed by atoms with van der Waals surface area (Å²) >= 11 is 0. The Bertz CT molecular complexity index is 807. The molecule has 1 aliphatic heterocycles. The molecule has 0 radical (unpaired) electrons. The fourth-order valence-electron chi connectivity index (χ4n) is 3.13. The number of halogens is 1. The summed E-state index contributed by atoms with van der Waals surface area (Å²) in [7, 11) is 1.36. The molecule has 1 aliphatic rings. The van der Waals surface area contributed by atoms with Crippen LogP contribution in [-0.2, 0) is 6.54 Å². The van der Waals surface area contributed by atoms with Gasteiger partial charge in [-0.2, -0.15) is 0 Å². The third-order valence-electron chi connectivity index (χ3n) is 4.53. The molecule has 0 atom stereocenters. The van der Waals surface area contributed by atoms with Crippen molar-refractivity contribution in [2.24, 2.45) is 0 Å². The number of piperazine rings is 1. The zero-order valence-electron chi connectivity index (χ0n) is 14.4. The first kappa shape index (κ1) is 17.9. The molecule has 1 heterocycles. The molecule has 8 heteroatoms. The Morgan fingerprint density at radius 2 is 1.92 bits per heavy atom. The first-order chi connectivity index (χ1) is 12.5. The molecular formula is C18H20FN3O4. The topological polar surface area (TPSA) is 79.1 Å². The van der Waals surface area contributed by atoms with Crippen LogP contribution in [0.2, 0.25) is 0 Å². The van der Waals surface area contributed by atoms with Crippen LogP contribution in [0.25, 0.3) is 0 Å². The highest BCUT2D eigenvalue weighted by Crippen LogP contribution is 2.35. The number of phenolic OH excluding ortho intramolecular Hbond substituents is 1. The maximum absolute atomic E-state index is 13.9. The van der Waals surface area contributed by atoms with E-state index in [1.807, 2.05) is 4.90 Å². The summed E-state index contributed by atoms with van der Waals surface area (Å²) in [4.78, 5) is 14.6. The van der Waals surface area contributed by atoms with Gasteiger partial charge in [-0.1, -0.05) is 12.1 Å². The van der Waals surface area contributed by atoms with Gasteiger partial charge in [-0.15, -0.1) is 0 Å². The van der Waals surface area contributed by atoms with Gasteiger partial charge in [0.2, 0.25) is 0 Å². The minimum atomic E-state index is -0.512. The van der Waals surface area contributed by atoms with E-state index in [2.05, 4.69) is 4.90 Å². The van der Waals surface area contributed by atoms with Gasteiger partial charge < -0.3 is 14.7 Å². The number of ether oxygens (including phenoxy) is 1. The quantitative estimate of drug-likeness (QED) is 0.652. The molecule has 0 unspecified atom stereocenters. The summed E-state index contributed by atoms with van der Waals surface area (Å²) in [6.07, 6.45) is 0. The normalized spacial score (nSPS) is 15.1. The summed E-state index contributed by atoms with van der Waals surface area (Å²) in [5.41, 5.74) is 0.891. The monoisotopic (exact) mass is 361 g/mol. The van der Waals surface area contributed by atoms with E-state index in [1.54, 1.807) is 18.2 Å². The number of non-ortho nitro benzene ring substituents is 1. The molecule has 2 aromatic rings. The standard InChI is InChI=1S/C18H20FN3O4/c1-26-17-11-14(22(24)25)10-13(18(17)23)12-20-6-8-21(9-7-20)16-5-3-2-4-15(16)19/h2-5,10-11,23H,6-9,12H2,1H3. The van der Waals surface area contributed by atoms with E-state index in [1.165, 1.54) is 25.3 Å². The lowest BCUT2D eigenvalue weighted by atomic mass is 10.1. The van der Waals surface area contributed by atoms with Crippen LogP contribution in [0.4, 0.5) is 15.8 Å². The lowest BCUT2D eigenvalue weighted by Crippen LogP contribution is -2.46. The first-order valence-electron chi connectivity index (χ1n) is 8.25. The summed E-state index contributed by atoms with van der Waals surface area (Å²) < 4.78 is 18.9. The number of anilines is 1. The van der Waals surface area contributed by atoms with Crippen LogP contribution in [0.5, 0.6) is 11.5 Å². The van der Waals surface area contributed by atoms with Gasteiger partial charge in [0.05, 0.1) is 23.8 Å². The summed E-state index contributed by atoms with van der Waals surface area (Å²) in [6, 6.07) is 9.22. The highest BCUT2D eigenvalue weighted by molar-refractivity contribution is 5.53. The Hall–Kier alpha value is -2.87. The molecule has 1 N–H and O–H groups in total. The van der Waals surface area contributed by atoms with E-state index >= 15 is 0 Å². The van der Waals surface area contributed by atoms with Crippen molar-refractivity contribution in [3.05, 3.63) is 57.9 Å². The highest BCUT2D eigenvalue weighted by atomic mass is 19.1. The Labute approximate surface area is 150 Å². The maximum atomic E-state index is 13.9. The largest absolute Gasteiger partial charge is 0.504 e. The summed E-state index contributed by atoms with van der Waals surface area (Å²) in [6.45, 7) is 2.92. The van der Waals surface area contributed by atoms with Crippen LogP contribution in [-0.4, -0.2) is 48.2 Å². The van der Waals surface area contributed by atoms with Gasteiger partial charge in [0.25, 0.3) is 5.69 Å². The number of hydrogen-bond donors (Lipinski definition) is 1. The lowest BCUT2D eigenvalue weighted by molar-refractivity contribution is -0.385. The number of para-hydroxylation sites is 1. The zero-order chi connectivity index (χ0) is 18.7. The highest BCUT2D eigenvalue weighted by Gasteiger charge is 2.22. The Kier molecular flexibility index (Phi) is 5.22. The van der Waals surface area contributed by atoms with E-state index in [0.29, 0.717) is 44.0 Å². The predicted octanol–water partition coefficient (Wildman–Crippen LogP) is 2.77. The molecule has 0 aromatic heterocycles. The molecule has 3 rings (SSSR count). The molecule has 138 valence electrons. The van der Waals surface area contributed by atoms with Gasteiger partial charge in [-0.3, -0.25) is 15.0 Å². The summed E-state index contributed by atoms with van der Waals surface area (Å²) in [5.74, 6) is -0.254. The fraction of sp³-hybridized carbons (Fsp3) is 0.333. The van der Waals surface area contributed by atoms with Crippen LogP contribution in [0.1, 0.15) is 5.56 Å². The third-order valence-corrected chi connectivity index (χ3v) is 4.53. The number of nitro groups is 1. The van der Waals surface area contributed by atoms with Crippen LogP contribution in [0.15, 0.2) is 36.4 Å². The van der Waals surface area contributed by atoms with E-state index < -0.39 is 4.92 Å². The molecular weight excluding hydrogens is 341 g/mol.